The second-order valence-electron chi connectivity index (χ2n) is 7.77. The van der Waals surface area contributed by atoms with Crippen molar-refractivity contribution in [2.45, 2.75) is 44.2 Å². The van der Waals surface area contributed by atoms with Crippen LogP contribution in [0, 0.1) is 5.92 Å². The van der Waals surface area contributed by atoms with E-state index in [1.165, 1.54) is 23.1 Å². The van der Waals surface area contributed by atoms with E-state index in [1.807, 2.05) is 6.07 Å². The first kappa shape index (κ1) is 17.6. The van der Waals surface area contributed by atoms with Gasteiger partial charge in [0.15, 0.2) is 0 Å². The third-order valence-electron chi connectivity index (χ3n) is 6.55. The Morgan fingerprint density at radius 1 is 1.15 bits per heavy atom. The number of benzene rings is 2. The van der Waals surface area contributed by atoms with Crippen LogP contribution in [0.5, 0.6) is 5.75 Å². The molecular formula is C23H29NO2. The van der Waals surface area contributed by atoms with Crippen LogP contribution in [-0.2, 0) is 23.2 Å². The van der Waals surface area contributed by atoms with Crippen LogP contribution >= 0.6 is 0 Å². The van der Waals surface area contributed by atoms with Gasteiger partial charge in [-0.25, -0.2) is 0 Å². The Bertz CT molecular complexity index is 745. The minimum absolute atomic E-state index is 0.189. The van der Waals surface area contributed by atoms with Gasteiger partial charge in [0.2, 0.25) is 0 Å². The van der Waals surface area contributed by atoms with Crippen molar-refractivity contribution in [2.75, 3.05) is 20.3 Å². The van der Waals surface area contributed by atoms with Crippen LogP contribution in [-0.4, -0.2) is 26.3 Å². The molecule has 1 heterocycles. The van der Waals surface area contributed by atoms with Crippen molar-refractivity contribution in [3.63, 3.8) is 0 Å². The molecule has 138 valence electrons. The lowest BCUT2D eigenvalue weighted by Gasteiger charge is -2.52. The first-order valence-corrected chi connectivity index (χ1v) is 9.75. The second kappa shape index (κ2) is 7.42. The Morgan fingerprint density at radius 3 is 2.81 bits per heavy atom. The summed E-state index contributed by atoms with van der Waals surface area (Å²) in [6, 6.07) is 17.7. The maximum atomic E-state index is 6.08. The van der Waals surface area contributed by atoms with E-state index in [9.17, 15) is 0 Å². The number of rotatable bonds is 6. The van der Waals surface area contributed by atoms with E-state index in [1.54, 1.807) is 7.11 Å². The van der Waals surface area contributed by atoms with E-state index >= 15 is 0 Å². The molecule has 3 heteroatoms. The summed E-state index contributed by atoms with van der Waals surface area (Å²) in [6.07, 6.45) is 3.35. The second-order valence-corrected chi connectivity index (χ2v) is 7.77. The summed E-state index contributed by atoms with van der Waals surface area (Å²) in [7, 11) is 1.76. The molecule has 0 radical (unpaired) electrons. The van der Waals surface area contributed by atoms with Gasteiger partial charge in [0.05, 0.1) is 13.7 Å². The van der Waals surface area contributed by atoms with Crippen LogP contribution in [0.1, 0.15) is 36.5 Å². The lowest BCUT2D eigenvalue weighted by molar-refractivity contribution is 0.0610. The van der Waals surface area contributed by atoms with Crippen LogP contribution in [0.15, 0.2) is 48.5 Å². The standard InChI is InChI=1S/C23H29NO2/c1-17-22-14-19-8-9-20(25-2)15-21(19)23(17,10-12-24-22)11-13-26-16-18-6-4-3-5-7-18/h3-9,15,17,22,24H,10-14,16H2,1-2H3. The topological polar surface area (TPSA) is 30.5 Å². The summed E-state index contributed by atoms with van der Waals surface area (Å²) in [5.41, 5.74) is 4.40. The van der Waals surface area contributed by atoms with Crippen LogP contribution in [0.25, 0.3) is 0 Å². The predicted octanol–water partition coefficient (Wildman–Crippen LogP) is 4.09. The minimum Gasteiger partial charge on any atom is -0.497 e. The van der Waals surface area contributed by atoms with Gasteiger partial charge in [-0.05, 0) is 60.5 Å². The van der Waals surface area contributed by atoms with Gasteiger partial charge in [-0.2, -0.15) is 0 Å². The quantitative estimate of drug-likeness (QED) is 0.795. The van der Waals surface area contributed by atoms with Gasteiger partial charge in [0.1, 0.15) is 5.75 Å². The lowest BCUT2D eigenvalue weighted by atomic mass is 9.57. The molecular weight excluding hydrogens is 322 g/mol. The minimum atomic E-state index is 0.189. The van der Waals surface area contributed by atoms with E-state index in [0.29, 0.717) is 18.6 Å². The molecule has 1 N–H and O–H groups in total. The highest BCUT2D eigenvalue weighted by Gasteiger charge is 2.48. The van der Waals surface area contributed by atoms with Crippen LogP contribution in [0.2, 0.25) is 0 Å². The van der Waals surface area contributed by atoms with Crippen molar-refractivity contribution < 1.29 is 9.47 Å². The number of methoxy groups -OCH3 is 1. The number of nitrogens with one attached hydrogen (secondary N) is 1. The third kappa shape index (κ3) is 3.15. The maximum Gasteiger partial charge on any atom is 0.119 e. The smallest absolute Gasteiger partial charge is 0.119 e. The summed E-state index contributed by atoms with van der Waals surface area (Å²) in [5.74, 6) is 1.58. The van der Waals surface area contributed by atoms with Gasteiger partial charge in [-0.15, -0.1) is 0 Å². The molecule has 3 atom stereocenters. The van der Waals surface area contributed by atoms with Crippen LogP contribution in [0.3, 0.4) is 0 Å². The summed E-state index contributed by atoms with van der Waals surface area (Å²) in [4.78, 5) is 0. The predicted molar refractivity (Wildman–Crippen MR) is 105 cm³/mol. The number of piperidine rings is 1. The largest absolute Gasteiger partial charge is 0.497 e. The Labute approximate surface area is 156 Å². The molecule has 3 unspecified atom stereocenters. The Balaban J connectivity index is 1.54. The van der Waals surface area contributed by atoms with Gasteiger partial charge in [0.25, 0.3) is 0 Å². The first-order valence-electron chi connectivity index (χ1n) is 9.75. The summed E-state index contributed by atoms with van der Waals surface area (Å²) in [6.45, 7) is 4.99. The van der Waals surface area contributed by atoms with E-state index in [4.69, 9.17) is 9.47 Å². The highest BCUT2D eigenvalue weighted by atomic mass is 16.5. The van der Waals surface area contributed by atoms with Gasteiger partial charge >= 0.3 is 0 Å². The molecule has 3 nitrogen and oxygen atoms in total. The molecule has 1 saturated heterocycles. The molecule has 2 bridgehead atoms. The highest BCUT2D eigenvalue weighted by molar-refractivity contribution is 5.45. The zero-order valence-corrected chi connectivity index (χ0v) is 15.8. The number of hydrogen-bond acceptors (Lipinski definition) is 3. The molecule has 1 aliphatic carbocycles. The van der Waals surface area contributed by atoms with Crippen molar-refractivity contribution >= 4 is 0 Å². The molecule has 2 aliphatic rings. The average molecular weight is 351 g/mol. The van der Waals surface area contributed by atoms with Gasteiger partial charge < -0.3 is 14.8 Å². The summed E-state index contributed by atoms with van der Waals surface area (Å²) < 4.78 is 11.6. The third-order valence-corrected chi connectivity index (χ3v) is 6.55. The van der Waals surface area contributed by atoms with E-state index in [0.717, 1.165) is 31.7 Å². The number of ether oxygens (including phenoxy) is 2. The summed E-state index contributed by atoms with van der Waals surface area (Å²) in [5, 5.41) is 3.74. The molecule has 2 aromatic carbocycles. The van der Waals surface area contributed by atoms with Gasteiger partial charge in [-0.1, -0.05) is 43.3 Å². The highest BCUT2D eigenvalue weighted by Crippen LogP contribution is 2.49. The van der Waals surface area contributed by atoms with E-state index < -0.39 is 0 Å². The zero-order chi connectivity index (χ0) is 18.0. The number of fused-ring (bicyclic) bond motifs is 4. The molecule has 0 aromatic heterocycles. The normalized spacial score (nSPS) is 27.0. The van der Waals surface area contributed by atoms with Crippen molar-refractivity contribution in [2.24, 2.45) is 5.92 Å². The molecule has 0 spiro atoms. The Morgan fingerprint density at radius 2 is 2.00 bits per heavy atom. The van der Waals surface area contributed by atoms with Gasteiger partial charge in [-0.3, -0.25) is 0 Å². The number of hydrogen-bond donors (Lipinski definition) is 1. The van der Waals surface area contributed by atoms with Gasteiger partial charge in [0, 0.05) is 18.1 Å². The average Bonchev–Trinajstić information content (AvgIpc) is 2.67. The van der Waals surface area contributed by atoms with Crippen molar-refractivity contribution in [1.82, 2.24) is 5.32 Å². The summed E-state index contributed by atoms with van der Waals surface area (Å²) >= 11 is 0. The van der Waals surface area contributed by atoms with Crippen LogP contribution in [0.4, 0.5) is 0 Å². The molecule has 26 heavy (non-hydrogen) atoms. The fraction of sp³-hybridized carbons (Fsp3) is 0.478. The molecule has 4 rings (SSSR count). The molecule has 1 aliphatic heterocycles. The van der Waals surface area contributed by atoms with E-state index in [2.05, 4.69) is 54.7 Å². The lowest BCUT2D eigenvalue weighted by Crippen LogP contribution is -2.57. The fourth-order valence-corrected chi connectivity index (χ4v) is 4.97. The Kier molecular flexibility index (Phi) is 5.01. The molecule has 0 amide bonds. The molecule has 1 fully saturated rings. The SMILES string of the molecule is COc1ccc2c(c1)C1(CCOCc3ccccc3)CCNC(C2)C1C. The fourth-order valence-electron chi connectivity index (χ4n) is 4.97. The van der Waals surface area contributed by atoms with Crippen molar-refractivity contribution in [1.29, 1.82) is 0 Å². The zero-order valence-electron chi connectivity index (χ0n) is 15.8. The molecule has 0 saturated carbocycles. The van der Waals surface area contributed by atoms with Crippen molar-refractivity contribution in [3.05, 3.63) is 65.2 Å². The first-order chi connectivity index (χ1) is 12.7. The maximum absolute atomic E-state index is 6.08. The van der Waals surface area contributed by atoms with Crippen LogP contribution < -0.4 is 10.1 Å². The molecule has 2 aromatic rings. The Hall–Kier alpha value is -1.84. The van der Waals surface area contributed by atoms with E-state index in [-0.39, 0.29) is 5.41 Å². The van der Waals surface area contributed by atoms with Crippen molar-refractivity contribution in [3.8, 4) is 5.75 Å². The monoisotopic (exact) mass is 351 g/mol.